The molecule has 2 aromatic carbocycles. The smallest absolute Gasteiger partial charge is 0.377 e. The molecule has 0 saturated carbocycles. The number of alkyl halides is 3. The average molecular weight is 556 g/mol. The van der Waals surface area contributed by atoms with Crippen LogP contribution in [0, 0.1) is 6.92 Å². The number of nitrogens with zero attached hydrogens (tertiary/aromatic N) is 4. The van der Waals surface area contributed by atoms with Crippen molar-refractivity contribution in [1.82, 2.24) is 14.8 Å². The van der Waals surface area contributed by atoms with Crippen LogP contribution in [0.25, 0.3) is 0 Å². The van der Waals surface area contributed by atoms with Gasteiger partial charge in [-0.15, -0.1) is 5.10 Å². The van der Waals surface area contributed by atoms with Crippen molar-refractivity contribution in [3.05, 3.63) is 74.5 Å². The molecule has 1 unspecified atom stereocenters. The van der Waals surface area contributed by atoms with Crippen LogP contribution in [0.5, 0.6) is 0 Å². The second-order valence-electron chi connectivity index (χ2n) is 8.37. The third kappa shape index (κ3) is 5.29. The molecule has 4 rings (SSSR count). The Kier molecular flexibility index (Phi) is 7.50. The number of oxime groups is 1. The SMILES string of the molecule is CCn1nc(NC(=O)c2ccc(C3=NOC(c4cc(Cl)cc(Cl)c4)(C(F)(F)F)C3)cc2C)nc1COC. The lowest BCUT2D eigenvalue weighted by Crippen LogP contribution is -2.42. The van der Waals surface area contributed by atoms with E-state index in [9.17, 15) is 18.0 Å². The third-order valence-corrected chi connectivity index (χ3v) is 6.30. The zero-order chi connectivity index (χ0) is 27.0. The van der Waals surface area contributed by atoms with Crippen molar-refractivity contribution in [2.45, 2.75) is 45.2 Å². The highest BCUT2D eigenvalue weighted by atomic mass is 35.5. The van der Waals surface area contributed by atoms with E-state index in [0.717, 1.165) is 12.1 Å². The van der Waals surface area contributed by atoms with Gasteiger partial charge in [-0.2, -0.15) is 18.2 Å². The Morgan fingerprint density at radius 3 is 2.51 bits per heavy atom. The molecule has 1 aliphatic heterocycles. The molecule has 0 spiro atoms. The van der Waals surface area contributed by atoms with Gasteiger partial charge in [-0.3, -0.25) is 10.1 Å². The summed E-state index contributed by atoms with van der Waals surface area (Å²) in [6.07, 6.45) is -5.41. The largest absolute Gasteiger partial charge is 0.435 e. The van der Waals surface area contributed by atoms with Gasteiger partial charge < -0.3 is 9.57 Å². The lowest BCUT2D eigenvalue weighted by molar-refractivity contribution is -0.275. The number of benzene rings is 2. The monoisotopic (exact) mass is 555 g/mol. The van der Waals surface area contributed by atoms with Gasteiger partial charge >= 0.3 is 6.18 Å². The summed E-state index contributed by atoms with van der Waals surface area (Å²) in [6.45, 7) is 4.32. The molecule has 1 aromatic heterocycles. The van der Waals surface area contributed by atoms with Crippen LogP contribution in [0.15, 0.2) is 41.6 Å². The number of carbonyl (C=O) groups excluding carboxylic acids is 1. The number of amides is 1. The van der Waals surface area contributed by atoms with Gasteiger partial charge in [0.1, 0.15) is 6.61 Å². The van der Waals surface area contributed by atoms with Crippen molar-refractivity contribution < 1.29 is 27.5 Å². The Labute approximate surface area is 220 Å². The summed E-state index contributed by atoms with van der Waals surface area (Å²) in [5, 5.41) is 10.7. The molecule has 2 heterocycles. The fourth-order valence-corrected chi connectivity index (χ4v) is 4.55. The van der Waals surface area contributed by atoms with Gasteiger partial charge in [-0.25, -0.2) is 4.68 Å². The molecule has 0 aliphatic carbocycles. The second kappa shape index (κ2) is 10.3. The number of hydrogen-bond acceptors (Lipinski definition) is 6. The minimum Gasteiger partial charge on any atom is -0.377 e. The van der Waals surface area contributed by atoms with Crippen LogP contribution in [0.3, 0.4) is 0 Å². The predicted molar refractivity (Wildman–Crippen MR) is 132 cm³/mol. The summed E-state index contributed by atoms with van der Waals surface area (Å²) in [6, 6.07) is 8.23. The predicted octanol–water partition coefficient (Wildman–Crippen LogP) is 5.89. The molecular weight excluding hydrogens is 534 g/mol. The first-order valence-electron chi connectivity index (χ1n) is 11.1. The van der Waals surface area contributed by atoms with Gasteiger partial charge in [0.25, 0.3) is 11.5 Å². The van der Waals surface area contributed by atoms with E-state index in [1.54, 1.807) is 17.7 Å². The maximum absolute atomic E-state index is 14.3. The van der Waals surface area contributed by atoms with E-state index >= 15 is 0 Å². The van der Waals surface area contributed by atoms with Crippen LogP contribution in [0.4, 0.5) is 19.1 Å². The summed E-state index contributed by atoms with van der Waals surface area (Å²) in [5.74, 6) is 0.205. The number of nitrogens with one attached hydrogen (secondary N) is 1. The molecule has 0 radical (unpaired) electrons. The Morgan fingerprint density at radius 1 is 1.22 bits per heavy atom. The van der Waals surface area contributed by atoms with E-state index in [2.05, 4.69) is 20.6 Å². The lowest BCUT2D eigenvalue weighted by atomic mass is 9.86. The standard InChI is InChI=1S/C24H22Cl2F3N5O3/c1-4-34-20(12-36-3)30-22(32-34)31-21(35)18-6-5-14(7-13(18)2)19-11-23(37-33-19,24(27,28)29)15-8-16(25)10-17(26)9-15/h5-10H,4,11-12H2,1-3H3,(H,31,32,35). The Hall–Kier alpha value is -3.15. The molecule has 1 N–H and O–H groups in total. The molecular formula is C24H22Cl2F3N5O3. The molecule has 0 fully saturated rings. The molecule has 13 heteroatoms. The first-order chi connectivity index (χ1) is 17.5. The maximum Gasteiger partial charge on any atom is 0.435 e. The van der Waals surface area contributed by atoms with Gasteiger partial charge in [-0.05, 0) is 55.3 Å². The van der Waals surface area contributed by atoms with E-state index in [-0.39, 0.29) is 33.9 Å². The second-order valence-corrected chi connectivity index (χ2v) is 9.25. The van der Waals surface area contributed by atoms with Gasteiger partial charge in [0.05, 0.1) is 5.71 Å². The first-order valence-corrected chi connectivity index (χ1v) is 11.9. The van der Waals surface area contributed by atoms with E-state index in [1.165, 1.54) is 25.3 Å². The number of halogens is 5. The number of anilines is 1. The molecule has 196 valence electrons. The van der Waals surface area contributed by atoms with Crippen LogP contribution in [-0.2, 0) is 28.3 Å². The fourth-order valence-electron chi connectivity index (χ4n) is 4.03. The summed E-state index contributed by atoms with van der Waals surface area (Å²) >= 11 is 11.9. The van der Waals surface area contributed by atoms with Crippen molar-refractivity contribution in [3.8, 4) is 0 Å². The van der Waals surface area contributed by atoms with E-state index in [4.69, 9.17) is 32.8 Å². The fraction of sp³-hybridized carbons (Fsp3) is 0.333. The maximum atomic E-state index is 14.3. The lowest BCUT2D eigenvalue weighted by Gasteiger charge is -2.29. The number of aromatic nitrogens is 3. The number of aryl methyl sites for hydroxylation is 2. The number of methoxy groups -OCH3 is 1. The molecule has 37 heavy (non-hydrogen) atoms. The topological polar surface area (TPSA) is 90.6 Å². The summed E-state index contributed by atoms with van der Waals surface area (Å²) in [4.78, 5) is 22.2. The number of rotatable bonds is 7. The quantitative estimate of drug-likeness (QED) is 0.392. The molecule has 1 atom stereocenters. The van der Waals surface area contributed by atoms with Crippen LogP contribution in [-0.4, -0.2) is 39.7 Å². The summed E-state index contributed by atoms with van der Waals surface area (Å²) < 4.78 is 49.5. The first kappa shape index (κ1) is 26.9. The minimum atomic E-state index is -4.81. The van der Waals surface area contributed by atoms with Crippen LogP contribution < -0.4 is 5.32 Å². The van der Waals surface area contributed by atoms with E-state index in [0.29, 0.717) is 29.1 Å². The van der Waals surface area contributed by atoms with Crippen molar-refractivity contribution in [2.24, 2.45) is 5.16 Å². The highest BCUT2D eigenvalue weighted by Gasteiger charge is 2.62. The number of ether oxygens (including phenoxy) is 1. The average Bonchev–Trinajstić information content (AvgIpc) is 3.43. The molecule has 8 nitrogen and oxygen atoms in total. The van der Waals surface area contributed by atoms with Crippen molar-refractivity contribution >= 4 is 40.8 Å². The molecule has 1 aliphatic rings. The summed E-state index contributed by atoms with van der Waals surface area (Å²) in [7, 11) is 1.53. The van der Waals surface area contributed by atoms with Crippen molar-refractivity contribution in [2.75, 3.05) is 12.4 Å². The zero-order valence-corrected chi connectivity index (χ0v) is 21.5. The Balaban J connectivity index is 1.57. The molecule has 3 aromatic rings. The van der Waals surface area contributed by atoms with Crippen molar-refractivity contribution in [3.63, 3.8) is 0 Å². The van der Waals surface area contributed by atoms with E-state index < -0.39 is 24.1 Å². The molecule has 0 saturated heterocycles. The van der Waals surface area contributed by atoms with Crippen LogP contribution in [0.2, 0.25) is 10.0 Å². The van der Waals surface area contributed by atoms with Gasteiger partial charge in [0, 0.05) is 41.2 Å². The van der Waals surface area contributed by atoms with E-state index in [1.807, 2.05) is 6.92 Å². The Morgan fingerprint density at radius 2 is 1.92 bits per heavy atom. The highest BCUT2D eigenvalue weighted by molar-refractivity contribution is 6.34. The number of carbonyl (C=O) groups is 1. The highest BCUT2D eigenvalue weighted by Crippen LogP contribution is 2.49. The van der Waals surface area contributed by atoms with Gasteiger partial charge in [0.2, 0.25) is 5.95 Å². The van der Waals surface area contributed by atoms with Gasteiger partial charge in [0.15, 0.2) is 5.82 Å². The zero-order valence-electron chi connectivity index (χ0n) is 20.0. The van der Waals surface area contributed by atoms with Crippen molar-refractivity contribution in [1.29, 1.82) is 0 Å². The summed E-state index contributed by atoms with van der Waals surface area (Å²) in [5.41, 5.74) is -1.74. The normalized spacial score (nSPS) is 17.5. The van der Waals surface area contributed by atoms with Crippen LogP contribution >= 0.6 is 23.2 Å². The molecule has 1 amide bonds. The number of hydrogen-bond donors (Lipinski definition) is 1. The Bertz CT molecular complexity index is 1360. The van der Waals surface area contributed by atoms with Gasteiger partial charge in [-0.1, -0.05) is 34.4 Å². The minimum absolute atomic E-state index is 0.0435. The van der Waals surface area contributed by atoms with Crippen LogP contribution in [0.1, 0.15) is 46.2 Å². The third-order valence-electron chi connectivity index (χ3n) is 5.87. The molecule has 0 bridgehead atoms.